The summed E-state index contributed by atoms with van der Waals surface area (Å²) in [5.74, 6) is 0. The van der Waals surface area contributed by atoms with Crippen molar-refractivity contribution in [2.45, 2.75) is 19.3 Å². The molecule has 0 unspecified atom stereocenters. The Morgan fingerprint density at radius 3 is 1.64 bits per heavy atom. The maximum atomic E-state index is 5.13. The van der Waals surface area contributed by atoms with Gasteiger partial charge in [-0.1, -0.05) is 159 Å². The summed E-state index contributed by atoms with van der Waals surface area (Å²) in [4.78, 5) is 5.13. The number of para-hydroxylation sites is 2. The molecule has 1 heteroatoms. The Balaban J connectivity index is 1.29. The van der Waals surface area contributed by atoms with Crippen LogP contribution in [0, 0.1) is 0 Å². The number of rotatable bonds is 3. The summed E-state index contributed by atoms with van der Waals surface area (Å²) >= 11 is 0. The normalized spacial score (nSPS) is 13.2. The molecule has 1 aliphatic rings. The van der Waals surface area contributed by atoms with Gasteiger partial charge in [-0.2, -0.15) is 0 Å². The highest BCUT2D eigenvalue weighted by Gasteiger charge is 2.35. The maximum Gasteiger partial charge on any atom is 0.0715 e. The topological polar surface area (TPSA) is 12.9 Å². The standard InChI is InChI=1S/C52H35N/c1-52(2)45-20-10-7-15-37(45)43-31-36(26-28-46(43)52)49-38-16-5-6-17-39(38)50(51-41-18-8-11-21-47(41)53-48-22-12-9-19-42(48)51)40-27-25-35(30-44(40)49)34-24-23-32-13-3-4-14-33(32)29-34/h3-31H,1-2H3. The van der Waals surface area contributed by atoms with Crippen LogP contribution < -0.4 is 0 Å². The average molecular weight is 674 g/mol. The number of pyridine rings is 1. The van der Waals surface area contributed by atoms with Gasteiger partial charge >= 0.3 is 0 Å². The summed E-state index contributed by atoms with van der Waals surface area (Å²) < 4.78 is 0. The van der Waals surface area contributed by atoms with Gasteiger partial charge in [0, 0.05) is 21.8 Å². The zero-order chi connectivity index (χ0) is 35.3. The van der Waals surface area contributed by atoms with Crippen LogP contribution in [0.3, 0.4) is 0 Å². The smallest absolute Gasteiger partial charge is 0.0715 e. The van der Waals surface area contributed by atoms with Gasteiger partial charge in [0.05, 0.1) is 11.0 Å². The second-order valence-corrected chi connectivity index (χ2v) is 15.1. The molecule has 0 atom stereocenters. The lowest BCUT2D eigenvalue weighted by atomic mass is 9.81. The SMILES string of the molecule is CC1(C)c2ccccc2-c2cc(-c3c4ccccc4c(-c4c5ccccc5nc5ccccc45)c4ccc(-c5ccc6ccccc6c5)cc34)ccc21. The van der Waals surface area contributed by atoms with Crippen LogP contribution in [0.5, 0.6) is 0 Å². The highest BCUT2D eigenvalue weighted by atomic mass is 14.7. The van der Waals surface area contributed by atoms with E-state index in [2.05, 4.69) is 190 Å². The summed E-state index contributed by atoms with van der Waals surface area (Å²) in [6.07, 6.45) is 0. The third-order valence-corrected chi connectivity index (χ3v) is 11.8. The molecule has 248 valence electrons. The summed E-state index contributed by atoms with van der Waals surface area (Å²) in [5, 5.41) is 9.83. The minimum Gasteiger partial charge on any atom is -0.248 e. The van der Waals surface area contributed by atoms with Gasteiger partial charge < -0.3 is 0 Å². The van der Waals surface area contributed by atoms with E-state index in [0.717, 1.165) is 11.0 Å². The molecule has 0 spiro atoms. The van der Waals surface area contributed by atoms with E-state index in [-0.39, 0.29) is 5.41 Å². The second kappa shape index (κ2) is 11.2. The molecule has 0 saturated heterocycles. The molecule has 0 N–H and O–H groups in total. The first-order valence-electron chi connectivity index (χ1n) is 18.5. The van der Waals surface area contributed by atoms with Crippen molar-refractivity contribution in [2.24, 2.45) is 0 Å². The van der Waals surface area contributed by atoms with E-state index in [9.17, 15) is 0 Å². The van der Waals surface area contributed by atoms with E-state index in [4.69, 9.17) is 4.98 Å². The van der Waals surface area contributed by atoms with Gasteiger partial charge in [0.15, 0.2) is 0 Å². The third kappa shape index (κ3) is 4.41. The molecule has 1 nitrogen and oxygen atoms in total. The van der Waals surface area contributed by atoms with Crippen molar-refractivity contribution in [3.05, 3.63) is 187 Å². The molecule has 53 heavy (non-hydrogen) atoms. The number of benzene rings is 9. The van der Waals surface area contributed by atoms with E-state index in [0.29, 0.717) is 0 Å². The predicted octanol–water partition coefficient (Wildman–Crippen LogP) is 14.2. The van der Waals surface area contributed by atoms with Crippen LogP contribution in [0.15, 0.2) is 176 Å². The maximum absolute atomic E-state index is 5.13. The predicted molar refractivity (Wildman–Crippen MR) is 226 cm³/mol. The lowest BCUT2D eigenvalue weighted by Crippen LogP contribution is -2.14. The Bertz CT molecular complexity index is 3090. The van der Waals surface area contributed by atoms with Gasteiger partial charge in [-0.15, -0.1) is 0 Å². The van der Waals surface area contributed by atoms with Crippen LogP contribution in [0.4, 0.5) is 0 Å². The summed E-state index contributed by atoms with van der Waals surface area (Å²) in [5.41, 5.74) is 14.9. The Hall–Kier alpha value is -6.57. The Kier molecular flexibility index (Phi) is 6.37. The molecule has 0 amide bonds. The van der Waals surface area contributed by atoms with Gasteiger partial charge in [-0.25, -0.2) is 4.98 Å². The molecule has 11 rings (SSSR count). The van der Waals surface area contributed by atoms with Gasteiger partial charge in [-0.3, -0.25) is 0 Å². The molecule has 0 bridgehead atoms. The van der Waals surface area contributed by atoms with Crippen molar-refractivity contribution in [3.63, 3.8) is 0 Å². The minimum absolute atomic E-state index is 0.0504. The van der Waals surface area contributed by atoms with Crippen LogP contribution >= 0.6 is 0 Å². The molecule has 0 radical (unpaired) electrons. The van der Waals surface area contributed by atoms with Crippen molar-refractivity contribution < 1.29 is 0 Å². The zero-order valence-electron chi connectivity index (χ0n) is 29.7. The molecule has 9 aromatic carbocycles. The van der Waals surface area contributed by atoms with E-state index in [1.807, 2.05) is 0 Å². The van der Waals surface area contributed by atoms with Crippen molar-refractivity contribution in [3.8, 4) is 44.5 Å². The number of nitrogens with zero attached hydrogens (tertiary/aromatic N) is 1. The number of hydrogen-bond donors (Lipinski definition) is 0. The molecule has 0 saturated carbocycles. The molecule has 10 aromatic rings. The minimum atomic E-state index is -0.0504. The van der Waals surface area contributed by atoms with Crippen LogP contribution in [0.25, 0.3) is 98.6 Å². The summed E-state index contributed by atoms with van der Waals surface area (Å²) in [6, 6.07) is 65.0. The van der Waals surface area contributed by atoms with E-state index < -0.39 is 0 Å². The monoisotopic (exact) mass is 673 g/mol. The van der Waals surface area contributed by atoms with Gasteiger partial charge in [0.1, 0.15) is 0 Å². The molecule has 1 aromatic heterocycles. The molecular formula is C52H35N. The van der Waals surface area contributed by atoms with Crippen LogP contribution in [-0.4, -0.2) is 4.98 Å². The van der Waals surface area contributed by atoms with Crippen molar-refractivity contribution in [2.75, 3.05) is 0 Å². The average Bonchev–Trinajstić information content (AvgIpc) is 3.44. The highest BCUT2D eigenvalue weighted by Crippen LogP contribution is 2.52. The molecule has 0 aliphatic heterocycles. The number of hydrogen-bond acceptors (Lipinski definition) is 1. The van der Waals surface area contributed by atoms with Crippen molar-refractivity contribution >= 4 is 54.1 Å². The lowest BCUT2D eigenvalue weighted by molar-refractivity contribution is 0.660. The van der Waals surface area contributed by atoms with Gasteiger partial charge in [0.2, 0.25) is 0 Å². The molecule has 0 fully saturated rings. The third-order valence-electron chi connectivity index (χ3n) is 11.8. The van der Waals surface area contributed by atoms with Crippen LogP contribution in [0.2, 0.25) is 0 Å². The van der Waals surface area contributed by atoms with Crippen molar-refractivity contribution in [1.82, 2.24) is 4.98 Å². The fourth-order valence-corrected chi connectivity index (χ4v) is 9.29. The van der Waals surface area contributed by atoms with Gasteiger partial charge in [0.25, 0.3) is 0 Å². The Labute approximate surface area is 308 Å². The largest absolute Gasteiger partial charge is 0.248 e. The van der Waals surface area contributed by atoms with E-state index in [1.54, 1.807) is 0 Å². The van der Waals surface area contributed by atoms with E-state index in [1.165, 1.54) is 98.7 Å². The first-order chi connectivity index (χ1) is 26.0. The number of fused-ring (bicyclic) bond motifs is 8. The van der Waals surface area contributed by atoms with E-state index >= 15 is 0 Å². The second-order valence-electron chi connectivity index (χ2n) is 15.1. The van der Waals surface area contributed by atoms with Crippen molar-refractivity contribution in [1.29, 1.82) is 0 Å². The summed E-state index contributed by atoms with van der Waals surface area (Å²) in [7, 11) is 0. The zero-order valence-corrected chi connectivity index (χ0v) is 29.7. The molecular weight excluding hydrogens is 639 g/mol. The van der Waals surface area contributed by atoms with Crippen LogP contribution in [0.1, 0.15) is 25.0 Å². The fourth-order valence-electron chi connectivity index (χ4n) is 9.29. The first-order valence-corrected chi connectivity index (χ1v) is 18.5. The highest BCUT2D eigenvalue weighted by molar-refractivity contribution is 6.27. The quantitative estimate of drug-likeness (QED) is 0.170. The summed E-state index contributed by atoms with van der Waals surface area (Å²) in [6.45, 7) is 4.71. The Morgan fingerprint density at radius 2 is 0.868 bits per heavy atom. The van der Waals surface area contributed by atoms with Crippen LogP contribution in [-0.2, 0) is 5.41 Å². The lowest BCUT2D eigenvalue weighted by Gasteiger charge is -2.22. The molecule has 1 aliphatic carbocycles. The first kappa shape index (κ1) is 30.1. The van der Waals surface area contributed by atoms with Gasteiger partial charge in [-0.05, 0) is 113 Å². The fraction of sp³-hybridized carbons (Fsp3) is 0.0577. The Morgan fingerprint density at radius 1 is 0.340 bits per heavy atom. The number of aromatic nitrogens is 1. The molecule has 1 heterocycles.